The molecule has 0 saturated heterocycles. The summed E-state index contributed by atoms with van der Waals surface area (Å²) in [5.74, 6) is 0.581. The first kappa shape index (κ1) is 17.8. The fraction of sp³-hybridized carbons (Fsp3) is 0.412. The van der Waals surface area contributed by atoms with E-state index >= 15 is 0 Å². The topological polar surface area (TPSA) is 63.5 Å². The van der Waals surface area contributed by atoms with Gasteiger partial charge in [-0.25, -0.2) is 4.39 Å². The van der Waals surface area contributed by atoms with Gasteiger partial charge < -0.3 is 15.4 Å². The molecule has 0 aliphatic rings. The highest BCUT2D eigenvalue weighted by Crippen LogP contribution is 2.16. The summed E-state index contributed by atoms with van der Waals surface area (Å²) in [6.45, 7) is 3.14. The van der Waals surface area contributed by atoms with Crippen LogP contribution in [-0.4, -0.2) is 42.0 Å². The molecular formula is C17H24FN5O. The first-order chi connectivity index (χ1) is 11.6. The van der Waals surface area contributed by atoms with E-state index in [0.29, 0.717) is 12.5 Å². The van der Waals surface area contributed by atoms with E-state index in [9.17, 15) is 4.39 Å². The summed E-state index contributed by atoms with van der Waals surface area (Å²) in [5.41, 5.74) is 1.16. The minimum atomic E-state index is -0.358. The molecule has 2 N–H and O–H groups in total. The van der Waals surface area contributed by atoms with Crippen molar-refractivity contribution < 1.29 is 9.13 Å². The fourth-order valence-corrected chi connectivity index (χ4v) is 2.19. The van der Waals surface area contributed by atoms with Crippen molar-refractivity contribution in [3.05, 3.63) is 48.0 Å². The van der Waals surface area contributed by atoms with E-state index in [1.54, 1.807) is 29.9 Å². The third-order valence-electron chi connectivity index (χ3n) is 3.41. The van der Waals surface area contributed by atoms with Crippen molar-refractivity contribution in [3.63, 3.8) is 0 Å². The zero-order valence-electron chi connectivity index (χ0n) is 14.3. The maximum Gasteiger partial charge on any atom is 0.191 e. The summed E-state index contributed by atoms with van der Waals surface area (Å²) in [4.78, 5) is 4.16. The van der Waals surface area contributed by atoms with Crippen LogP contribution in [0.5, 0.6) is 5.75 Å². The first-order valence-electron chi connectivity index (χ1n) is 7.91. The molecule has 1 heterocycles. The Hall–Kier alpha value is -2.57. The summed E-state index contributed by atoms with van der Waals surface area (Å²) in [7, 11) is 3.61. The van der Waals surface area contributed by atoms with Crippen LogP contribution in [0.1, 0.15) is 12.5 Å². The second-order valence-electron chi connectivity index (χ2n) is 5.51. The van der Waals surface area contributed by atoms with Crippen LogP contribution in [0, 0.1) is 5.82 Å². The lowest BCUT2D eigenvalue weighted by atomic mass is 10.2. The molecule has 0 fully saturated rings. The Bertz CT molecular complexity index is 671. The van der Waals surface area contributed by atoms with Gasteiger partial charge in [0.15, 0.2) is 17.5 Å². The highest BCUT2D eigenvalue weighted by Gasteiger charge is 2.08. The van der Waals surface area contributed by atoms with Crippen molar-refractivity contribution in [2.45, 2.75) is 19.4 Å². The number of benzene rings is 1. The number of aryl methyl sites for hydroxylation is 1. The molecule has 1 aromatic carbocycles. The highest BCUT2D eigenvalue weighted by atomic mass is 19.1. The van der Waals surface area contributed by atoms with Gasteiger partial charge in [-0.15, -0.1) is 0 Å². The molecule has 130 valence electrons. The second-order valence-corrected chi connectivity index (χ2v) is 5.51. The van der Waals surface area contributed by atoms with Gasteiger partial charge >= 0.3 is 0 Å². The molecule has 1 atom stereocenters. The number of aromatic nitrogens is 2. The first-order valence-corrected chi connectivity index (χ1v) is 7.91. The number of hydrogen-bond acceptors (Lipinski definition) is 3. The van der Waals surface area contributed by atoms with Gasteiger partial charge in [0.05, 0.1) is 12.7 Å². The molecule has 6 nitrogen and oxygen atoms in total. The lowest BCUT2D eigenvalue weighted by Gasteiger charge is -2.18. The molecule has 1 aromatic heterocycles. The standard InChI is InChI=1S/C17H24FN5O/c1-13(24-16-7-5-4-6-15(16)18)10-21-17(19-2)20-9-8-14-11-22-23(3)12-14/h4-7,11-13H,8-10H2,1-3H3,(H2,19,20,21). The van der Waals surface area contributed by atoms with E-state index < -0.39 is 0 Å². The third kappa shape index (κ3) is 5.57. The zero-order chi connectivity index (χ0) is 17.4. The zero-order valence-corrected chi connectivity index (χ0v) is 14.3. The van der Waals surface area contributed by atoms with E-state index in [2.05, 4.69) is 20.7 Å². The number of para-hydroxylation sites is 1. The van der Waals surface area contributed by atoms with Crippen molar-refractivity contribution >= 4 is 5.96 Å². The smallest absolute Gasteiger partial charge is 0.191 e. The van der Waals surface area contributed by atoms with Crippen molar-refractivity contribution in [1.29, 1.82) is 0 Å². The van der Waals surface area contributed by atoms with Gasteiger partial charge in [0.1, 0.15) is 6.10 Å². The lowest BCUT2D eigenvalue weighted by molar-refractivity contribution is 0.214. The number of guanidine groups is 1. The van der Waals surface area contributed by atoms with Crippen LogP contribution in [0.3, 0.4) is 0 Å². The number of nitrogens with one attached hydrogen (secondary N) is 2. The SMILES string of the molecule is CN=C(NCCc1cnn(C)c1)NCC(C)Oc1ccccc1F. The van der Waals surface area contributed by atoms with Crippen LogP contribution in [0.25, 0.3) is 0 Å². The molecule has 0 aliphatic carbocycles. The van der Waals surface area contributed by atoms with Crippen LogP contribution in [0.2, 0.25) is 0 Å². The Morgan fingerprint density at radius 2 is 2.17 bits per heavy atom. The van der Waals surface area contributed by atoms with Gasteiger partial charge in [0, 0.05) is 26.8 Å². The maximum atomic E-state index is 13.6. The van der Waals surface area contributed by atoms with E-state index in [-0.39, 0.29) is 17.7 Å². The number of halogens is 1. The quantitative estimate of drug-likeness (QED) is 0.598. The average molecular weight is 333 g/mol. The van der Waals surface area contributed by atoms with Crippen LogP contribution in [0.4, 0.5) is 4.39 Å². The van der Waals surface area contributed by atoms with E-state index in [1.165, 1.54) is 6.07 Å². The molecule has 1 unspecified atom stereocenters. The molecule has 2 rings (SSSR count). The van der Waals surface area contributed by atoms with Gasteiger partial charge in [-0.3, -0.25) is 9.67 Å². The molecule has 24 heavy (non-hydrogen) atoms. The van der Waals surface area contributed by atoms with Crippen LogP contribution >= 0.6 is 0 Å². The predicted molar refractivity (Wildman–Crippen MR) is 92.8 cm³/mol. The molecule has 0 amide bonds. The largest absolute Gasteiger partial charge is 0.486 e. The summed E-state index contributed by atoms with van der Waals surface area (Å²) in [6.07, 6.45) is 4.50. The van der Waals surface area contributed by atoms with Crippen molar-refractivity contribution in [2.75, 3.05) is 20.1 Å². The maximum absolute atomic E-state index is 13.6. The number of rotatable bonds is 7. The van der Waals surface area contributed by atoms with Crippen LogP contribution in [0.15, 0.2) is 41.7 Å². The number of ether oxygens (including phenoxy) is 1. The lowest BCUT2D eigenvalue weighted by Crippen LogP contribution is -2.42. The van der Waals surface area contributed by atoms with Crippen molar-refractivity contribution in [1.82, 2.24) is 20.4 Å². The van der Waals surface area contributed by atoms with Crippen LogP contribution < -0.4 is 15.4 Å². The molecule has 0 bridgehead atoms. The average Bonchev–Trinajstić information content (AvgIpc) is 2.98. The van der Waals surface area contributed by atoms with Gasteiger partial charge in [0.2, 0.25) is 0 Å². The molecule has 2 aromatic rings. The number of aliphatic imine (C=N–C) groups is 1. The van der Waals surface area contributed by atoms with Gasteiger partial charge in [-0.2, -0.15) is 5.10 Å². The summed E-state index contributed by atoms with van der Waals surface area (Å²) >= 11 is 0. The van der Waals surface area contributed by atoms with Crippen molar-refractivity contribution in [2.24, 2.45) is 12.0 Å². The fourth-order valence-electron chi connectivity index (χ4n) is 2.19. The molecule has 0 spiro atoms. The van der Waals surface area contributed by atoms with Crippen LogP contribution in [-0.2, 0) is 13.5 Å². The Balaban J connectivity index is 1.71. The summed E-state index contributed by atoms with van der Waals surface area (Å²) in [5, 5.41) is 10.5. The monoisotopic (exact) mass is 333 g/mol. The minimum absolute atomic E-state index is 0.196. The molecule has 0 aliphatic heterocycles. The van der Waals surface area contributed by atoms with E-state index in [4.69, 9.17) is 4.74 Å². The molecule has 0 saturated carbocycles. The Morgan fingerprint density at radius 1 is 1.38 bits per heavy atom. The normalized spacial score (nSPS) is 12.8. The Morgan fingerprint density at radius 3 is 2.83 bits per heavy atom. The van der Waals surface area contributed by atoms with E-state index in [0.717, 1.165) is 18.5 Å². The number of hydrogen-bond donors (Lipinski definition) is 2. The van der Waals surface area contributed by atoms with Gasteiger partial charge in [0.25, 0.3) is 0 Å². The highest BCUT2D eigenvalue weighted by molar-refractivity contribution is 5.79. The number of nitrogens with zero attached hydrogens (tertiary/aromatic N) is 3. The summed E-state index contributed by atoms with van der Waals surface area (Å²) in [6, 6.07) is 6.39. The molecule has 7 heteroatoms. The summed E-state index contributed by atoms with van der Waals surface area (Å²) < 4.78 is 20.9. The van der Waals surface area contributed by atoms with Crippen molar-refractivity contribution in [3.8, 4) is 5.75 Å². The Labute approximate surface area is 141 Å². The molecule has 0 radical (unpaired) electrons. The van der Waals surface area contributed by atoms with Gasteiger partial charge in [-0.05, 0) is 31.0 Å². The Kier molecular flexibility index (Phi) is 6.60. The molecular weight excluding hydrogens is 309 g/mol. The third-order valence-corrected chi connectivity index (χ3v) is 3.41. The van der Waals surface area contributed by atoms with E-state index in [1.807, 2.05) is 26.4 Å². The second kappa shape index (κ2) is 8.90. The minimum Gasteiger partial charge on any atom is -0.486 e. The van der Waals surface area contributed by atoms with Gasteiger partial charge in [-0.1, -0.05) is 12.1 Å². The predicted octanol–water partition coefficient (Wildman–Crippen LogP) is 1.73.